The third kappa shape index (κ3) is 5.88. The number of benzene rings is 2. The maximum Gasteiger partial charge on any atom is 0.303 e. The highest BCUT2D eigenvalue weighted by Crippen LogP contribution is 2.21. The normalized spacial score (nSPS) is 10.4. The molecule has 0 fully saturated rings. The first kappa shape index (κ1) is 17.7. The molecule has 0 spiro atoms. The number of aryl methyl sites for hydroxylation is 1. The molecule has 0 heterocycles. The first-order chi connectivity index (χ1) is 11.5. The van der Waals surface area contributed by atoms with E-state index < -0.39 is 5.97 Å². The van der Waals surface area contributed by atoms with Gasteiger partial charge in [-0.3, -0.25) is 9.59 Å². The second-order valence-electron chi connectivity index (χ2n) is 5.95. The molecule has 126 valence electrons. The molecule has 0 atom stereocenters. The van der Waals surface area contributed by atoms with Gasteiger partial charge in [-0.2, -0.15) is 0 Å². The molecular weight excluding hydrogens is 302 g/mol. The van der Waals surface area contributed by atoms with Crippen LogP contribution in [0.1, 0.15) is 36.8 Å². The number of unbranched alkanes of at least 4 members (excludes halogenated alkanes) is 1. The molecule has 0 bridgehead atoms. The monoisotopic (exact) mass is 325 g/mol. The van der Waals surface area contributed by atoms with E-state index in [9.17, 15) is 9.59 Å². The number of carboxylic acids is 1. The smallest absolute Gasteiger partial charge is 0.303 e. The number of rotatable bonds is 8. The van der Waals surface area contributed by atoms with E-state index in [-0.39, 0.29) is 12.3 Å². The van der Waals surface area contributed by atoms with Gasteiger partial charge in [-0.1, -0.05) is 48.0 Å². The maximum absolute atomic E-state index is 11.8. The third-order valence-corrected chi connectivity index (χ3v) is 3.81. The van der Waals surface area contributed by atoms with E-state index in [4.69, 9.17) is 5.11 Å². The minimum absolute atomic E-state index is 0.0404. The summed E-state index contributed by atoms with van der Waals surface area (Å²) < 4.78 is 0. The third-order valence-electron chi connectivity index (χ3n) is 3.81. The highest BCUT2D eigenvalue weighted by Gasteiger charge is 2.04. The Balaban J connectivity index is 1.86. The van der Waals surface area contributed by atoms with Crippen LogP contribution in [-0.2, 0) is 16.1 Å². The number of nitrogens with one attached hydrogen (secondary N) is 1. The maximum atomic E-state index is 11.8. The Labute approximate surface area is 142 Å². The predicted octanol–water partition coefficient (Wildman–Crippen LogP) is 3.92. The van der Waals surface area contributed by atoms with E-state index >= 15 is 0 Å². The quantitative estimate of drug-likeness (QED) is 0.723. The van der Waals surface area contributed by atoms with Crippen molar-refractivity contribution in [3.63, 3.8) is 0 Å². The summed E-state index contributed by atoms with van der Waals surface area (Å²) in [6.45, 7) is 2.55. The van der Waals surface area contributed by atoms with Crippen molar-refractivity contribution < 1.29 is 14.7 Å². The largest absolute Gasteiger partial charge is 0.481 e. The average molecular weight is 325 g/mol. The van der Waals surface area contributed by atoms with Crippen LogP contribution in [0.5, 0.6) is 0 Å². The molecule has 2 aromatic carbocycles. The van der Waals surface area contributed by atoms with Crippen molar-refractivity contribution in [2.45, 2.75) is 39.2 Å². The lowest BCUT2D eigenvalue weighted by Crippen LogP contribution is -2.22. The highest BCUT2D eigenvalue weighted by molar-refractivity contribution is 5.76. The van der Waals surface area contributed by atoms with E-state index in [1.165, 1.54) is 5.56 Å². The molecule has 4 nitrogen and oxygen atoms in total. The molecule has 2 aromatic rings. The Kier molecular flexibility index (Phi) is 6.55. The van der Waals surface area contributed by atoms with Gasteiger partial charge >= 0.3 is 5.97 Å². The number of hydrogen-bond donors (Lipinski definition) is 2. The summed E-state index contributed by atoms with van der Waals surface area (Å²) >= 11 is 0. The van der Waals surface area contributed by atoms with E-state index in [2.05, 4.69) is 42.6 Å². The molecule has 4 heteroatoms. The van der Waals surface area contributed by atoms with E-state index in [1.54, 1.807) is 0 Å². The molecule has 0 saturated carbocycles. The second-order valence-corrected chi connectivity index (χ2v) is 5.95. The van der Waals surface area contributed by atoms with E-state index in [1.807, 2.05) is 18.2 Å². The molecule has 0 aliphatic rings. The average Bonchev–Trinajstić information content (AvgIpc) is 2.57. The molecule has 2 rings (SSSR count). The van der Waals surface area contributed by atoms with E-state index in [0.29, 0.717) is 25.8 Å². The zero-order valence-corrected chi connectivity index (χ0v) is 13.9. The van der Waals surface area contributed by atoms with Gasteiger partial charge in [0.15, 0.2) is 0 Å². The summed E-state index contributed by atoms with van der Waals surface area (Å²) in [5.41, 5.74) is 4.56. The van der Waals surface area contributed by atoms with Crippen molar-refractivity contribution >= 4 is 11.9 Å². The first-order valence-corrected chi connectivity index (χ1v) is 8.19. The molecule has 0 aliphatic heterocycles. The Morgan fingerprint density at radius 3 is 2.33 bits per heavy atom. The number of carbonyl (C=O) groups is 2. The lowest BCUT2D eigenvalue weighted by molar-refractivity contribution is -0.137. The molecule has 0 saturated heterocycles. The molecule has 0 radical (unpaired) electrons. The van der Waals surface area contributed by atoms with Gasteiger partial charge in [0.1, 0.15) is 0 Å². The minimum Gasteiger partial charge on any atom is -0.481 e. The van der Waals surface area contributed by atoms with E-state index in [0.717, 1.165) is 16.7 Å². The summed E-state index contributed by atoms with van der Waals surface area (Å²) in [4.78, 5) is 22.2. The summed E-state index contributed by atoms with van der Waals surface area (Å²) in [6.07, 6.45) is 1.61. The number of carbonyl (C=O) groups excluding carboxylic acids is 1. The minimum atomic E-state index is -0.816. The Morgan fingerprint density at radius 2 is 1.62 bits per heavy atom. The van der Waals surface area contributed by atoms with Crippen molar-refractivity contribution in [3.8, 4) is 11.1 Å². The SMILES string of the molecule is Cc1cccc(-c2cccc(CNC(=O)CCCCC(=O)O)c2)c1. The predicted molar refractivity (Wildman–Crippen MR) is 94.6 cm³/mol. The molecule has 24 heavy (non-hydrogen) atoms. The fourth-order valence-electron chi connectivity index (χ4n) is 2.54. The van der Waals surface area contributed by atoms with Crippen LogP contribution in [0.15, 0.2) is 48.5 Å². The van der Waals surface area contributed by atoms with Gasteiger partial charge in [0, 0.05) is 19.4 Å². The fraction of sp³-hybridized carbons (Fsp3) is 0.300. The van der Waals surface area contributed by atoms with Crippen LogP contribution >= 0.6 is 0 Å². The van der Waals surface area contributed by atoms with Gasteiger partial charge in [-0.25, -0.2) is 0 Å². The van der Waals surface area contributed by atoms with Crippen LogP contribution in [0.3, 0.4) is 0 Å². The van der Waals surface area contributed by atoms with Gasteiger partial charge in [-0.05, 0) is 42.5 Å². The lowest BCUT2D eigenvalue weighted by Gasteiger charge is -2.08. The second kappa shape index (κ2) is 8.87. The molecule has 1 amide bonds. The molecule has 0 unspecified atom stereocenters. The Morgan fingerprint density at radius 1 is 0.958 bits per heavy atom. The van der Waals surface area contributed by atoms with Crippen molar-refractivity contribution in [2.75, 3.05) is 0 Å². The summed E-state index contributed by atoms with van der Waals surface area (Å²) in [5, 5.41) is 11.5. The fourth-order valence-corrected chi connectivity index (χ4v) is 2.54. The molecule has 2 N–H and O–H groups in total. The van der Waals surface area contributed by atoms with Crippen molar-refractivity contribution in [1.29, 1.82) is 0 Å². The van der Waals surface area contributed by atoms with Crippen LogP contribution in [0.2, 0.25) is 0 Å². The van der Waals surface area contributed by atoms with Gasteiger partial charge in [0.2, 0.25) is 5.91 Å². The topological polar surface area (TPSA) is 66.4 Å². The number of carboxylic acid groups (broad SMARTS) is 1. The zero-order valence-electron chi connectivity index (χ0n) is 13.9. The van der Waals surface area contributed by atoms with Gasteiger partial charge in [0.05, 0.1) is 0 Å². The summed E-state index contributed by atoms with van der Waals surface area (Å²) in [6, 6.07) is 16.4. The molecule has 0 aromatic heterocycles. The molecule has 0 aliphatic carbocycles. The van der Waals surface area contributed by atoms with Crippen LogP contribution in [-0.4, -0.2) is 17.0 Å². The Hall–Kier alpha value is -2.62. The zero-order chi connectivity index (χ0) is 17.4. The number of amides is 1. The van der Waals surface area contributed by atoms with Gasteiger partial charge < -0.3 is 10.4 Å². The van der Waals surface area contributed by atoms with Gasteiger partial charge in [-0.15, -0.1) is 0 Å². The van der Waals surface area contributed by atoms with Crippen molar-refractivity contribution in [1.82, 2.24) is 5.32 Å². The number of aliphatic carboxylic acids is 1. The van der Waals surface area contributed by atoms with Crippen molar-refractivity contribution in [2.24, 2.45) is 0 Å². The van der Waals surface area contributed by atoms with Crippen LogP contribution in [0, 0.1) is 6.92 Å². The first-order valence-electron chi connectivity index (χ1n) is 8.19. The standard InChI is InChI=1S/C20H23NO3/c1-15-6-4-8-17(12-15)18-9-5-7-16(13-18)14-21-19(22)10-2-3-11-20(23)24/h4-9,12-13H,2-3,10-11,14H2,1H3,(H,21,22)(H,23,24). The Bertz CT molecular complexity index is 710. The highest BCUT2D eigenvalue weighted by atomic mass is 16.4. The molecular formula is C20H23NO3. The van der Waals surface area contributed by atoms with Crippen LogP contribution in [0.25, 0.3) is 11.1 Å². The lowest BCUT2D eigenvalue weighted by atomic mass is 10.0. The van der Waals surface area contributed by atoms with Crippen LogP contribution < -0.4 is 5.32 Å². The van der Waals surface area contributed by atoms with Crippen LogP contribution in [0.4, 0.5) is 0 Å². The number of hydrogen-bond acceptors (Lipinski definition) is 2. The summed E-state index contributed by atoms with van der Waals surface area (Å²) in [5.74, 6) is -0.857. The van der Waals surface area contributed by atoms with Gasteiger partial charge in [0.25, 0.3) is 0 Å². The van der Waals surface area contributed by atoms with Crippen molar-refractivity contribution in [3.05, 3.63) is 59.7 Å². The summed E-state index contributed by atoms with van der Waals surface area (Å²) in [7, 11) is 0.